The highest BCUT2D eigenvalue weighted by Gasteiger charge is 2.24. The fraction of sp³-hybridized carbons (Fsp3) is 0.278. The summed E-state index contributed by atoms with van der Waals surface area (Å²) in [6, 6.07) is 16.3. The molecule has 0 saturated heterocycles. The molecule has 2 aromatic rings. The van der Waals surface area contributed by atoms with Crippen molar-refractivity contribution in [3.05, 3.63) is 65.7 Å². The van der Waals surface area contributed by atoms with Crippen LogP contribution in [0.3, 0.4) is 0 Å². The highest BCUT2D eigenvalue weighted by Crippen LogP contribution is 2.12. The third-order valence-electron chi connectivity index (χ3n) is 3.47. The fourth-order valence-corrected chi connectivity index (χ4v) is 2.83. The lowest BCUT2D eigenvalue weighted by molar-refractivity contribution is -0.128. The maximum atomic E-state index is 12.4. The van der Waals surface area contributed by atoms with Crippen LogP contribution in [0, 0.1) is 0 Å². The second kappa shape index (κ2) is 8.64. The van der Waals surface area contributed by atoms with Gasteiger partial charge in [0.05, 0.1) is 13.4 Å². The van der Waals surface area contributed by atoms with E-state index < -0.39 is 22.1 Å². The molecule has 0 spiro atoms. The summed E-state index contributed by atoms with van der Waals surface area (Å²) >= 11 is 0. The van der Waals surface area contributed by atoms with Crippen LogP contribution in [0.1, 0.15) is 11.1 Å². The van der Waals surface area contributed by atoms with Crippen molar-refractivity contribution in [1.82, 2.24) is 5.32 Å². The summed E-state index contributed by atoms with van der Waals surface area (Å²) in [5.74, 6) is 0.238. The summed E-state index contributed by atoms with van der Waals surface area (Å²) in [4.78, 5) is 12.4. The maximum absolute atomic E-state index is 12.4. The van der Waals surface area contributed by atoms with Gasteiger partial charge in [-0.25, -0.2) is 0 Å². The number of carbonyl (C=O) groups is 1. The quantitative estimate of drug-likeness (QED) is 0.725. The predicted octanol–water partition coefficient (Wildman–Crippen LogP) is 1.90. The lowest BCUT2D eigenvalue weighted by Crippen LogP contribution is -2.38. The first-order valence-electron chi connectivity index (χ1n) is 7.70. The summed E-state index contributed by atoms with van der Waals surface area (Å²) in [6.45, 7) is 0.265. The SMILES string of the molecule is COc1ccc(CNC(=O)[C@H](Cc2ccccc2)OS(C)(=O)=O)cc1. The topological polar surface area (TPSA) is 81.7 Å². The van der Waals surface area contributed by atoms with Crippen LogP contribution >= 0.6 is 0 Å². The van der Waals surface area contributed by atoms with Gasteiger partial charge in [0.15, 0.2) is 6.10 Å². The Hall–Kier alpha value is -2.38. The van der Waals surface area contributed by atoms with Gasteiger partial charge in [-0.2, -0.15) is 8.42 Å². The summed E-state index contributed by atoms with van der Waals surface area (Å²) in [5.41, 5.74) is 1.68. The van der Waals surface area contributed by atoms with Crippen molar-refractivity contribution in [3.63, 3.8) is 0 Å². The Morgan fingerprint density at radius 3 is 2.24 bits per heavy atom. The number of hydrogen-bond donors (Lipinski definition) is 1. The van der Waals surface area contributed by atoms with Crippen molar-refractivity contribution >= 4 is 16.0 Å². The molecule has 1 N–H and O–H groups in total. The predicted molar refractivity (Wildman–Crippen MR) is 94.7 cm³/mol. The van der Waals surface area contributed by atoms with E-state index in [0.29, 0.717) is 0 Å². The molecule has 0 bridgehead atoms. The van der Waals surface area contributed by atoms with Gasteiger partial charge >= 0.3 is 0 Å². The van der Waals surface area contributed by atoms with Gasteiger partial charge in [0.25, 0.3) is 16.0 Å². The molecule has 0 fully saturated rings. The molecule has 0 aliphatic heterocycles. The highest BCUT2D eigenvalue weighted by atomic mass is 32.2. The van der Waals surface area contributed by atoms with E-state index in [1.54, 1.807) is 19.2 Å². The van der Waals surface area contributed by atoms with Gasteiger partial charge in [0.1, 0.15) is 5.75 Å². The number of rotatable bonds is 8. The zero-order valence-electron chi connectivity index (χ0n) is 14.1. The third-order valence-corrected chi connectivity index (χ3v) is 4.05. The van der Waals surface area contributed by atoms with Gasteiger partial charge in [-0.3, -0.25) is 8.98 Å². The van der Waals surface area contributed by atoms with Crippen molar-refractivity contribution in [2.24, 2.45) is 0 Å². The second-order valence-corrected chi connectivity index (χ2v) is 7.15. The van der Waals surface area contributed by atoms with E-state index in [-0.39, 0.29) is 13.0 Å². The number of methoxy groups -OCH3 is 1. The van der Waals surface area contributed by atoms with E-state index in [1.165, 1.54) is 0 Å². The minimum absolute atomic E-state index is 0.169. The van der Waals surface area contributed by atoms with E-state index in [0.717, 1.165) is 23.1 Å². The molecule has 7 heteroatoms. The van der Waals surface area contributed by atoms with E-state index in [9.17, 15) is 13.2 Å². The summed E-state index contributed by atoms with van der Waals surface area (Å²) < 4.78 is 33.0. The molecule has 1 amide bonds. The maximum Gasteiger partial charge on any atom is 0.265 e. The lowest BCUT2D eigenvalue weighted by atomic mass is 10.1. The van der Waals surface area contributed by atoms with Crippen molar-refractivity contribution in [2.75, 3.05) is 13.4 Å². The Bertz CT molecular complexity index is 788. The van der Waals surface area contributed by atoms with Crippen molar-refractivity contribution in [3.8, 4) is 5.75 Å². The molecular formula is C18H21NO5S. The van der Waals surface area contributed by atoms with Crippen LogP contribution in [0.2, 0.25) is 0 Å². The molecule has 0 saturated carbocycles. The number of carbonyl (C=O) groups excluding carboxylic acids is 1. The number of benzene rings is 2. The molecular weight excluding hydrogens is 342 g/mol. The van der Waals surface area contributed by atoms with Gasteiger partial charge < -0.3 is 10.1 Å². The zero-order chi connectivity index (χ0) is 18.3. The first kappa shape index (κ1) is 19.0. The number of amides is 1. The average molecular weight is 363 g/mol. The van der Waals surface area contributed by atoms with Gasteiger partial charge in [-0.1, -0.05) is 42.5 Å². The highest BCUT2D eigenvalue weighted by molar-refractivity contribution is 7.86. The molecule has 134 valence electrons. The van der Waals surface area contributed by atoms with Crippen LogP contribution in [0.5, 0.6) is 5.75 Å². The van der Waals surface area contributed by atoms with Crippen molar-refractivity contribution in [1.29, 1.82) is 0 Å². The molecule has 0 aliphatic rings. The summed E-state index contributed by atoms with van der Waals surface area (Å²) in [5, 5.41) is 2.71. The minimum Gasteiger partial charge on any atom is -0.497 e. The molecule has 0 heterocycles. The molecule has 2 aromatic carbocycles. The molecule has 0 unspecified atom stereocenters. The van der Waals surface area contributed by atoms with Gasteiger partial charge in [0.2, 0.25) is 0 Å². The standard InChI is InChI=1S/C18H21NO5S/c1-23-16-10-8-15(9-11-16)13-19-18(20)17(24-25(2,21)22)12-14-6-4-3-5-7-14/h3-11,17H,12-13H2,1-2H3,(H,19,20)/t17-/m0/s1. The van der Waals surface area contributed by atoms with Crippen LogP contribution in [-0.2, 0) is 32.1 Å². The second-order valence-electron chi connectivity index (χ2n) is 5.54. The van der Waals surface area contributed by atoms with E-state index in [4.69, 9.17) is 8.92 Å². The number of nitrogens with one attached hydrogen (secondary N) is 1. The van der Waals surface area contributed by atoms with Crippen molar-refractivity contribution in [2.45, 2.75) is 19.1 Å². The molecule has 6 nitrogen and oxygen atoms in total. The van der Waals surface area contributed by atoms with Gasteiger partial charge in [-0.05, 0) is 23.3 Å². The van der Waals surface area contributed by atoms with Crippen LogP contribution in [0.15, 0.2) is 54.6 Å². The first-order valence-corrected chi connectivity index (χ1v) is 9.52. The van der Waals surface area contributed by atoms with E-state index >= 15 is 0 Å². The average Bonchev–Trinajstić information content (AvgIpc) is 2.59. The molecule has 0 radical (unpaired) electrons. The lowest BCUT2D eigenvalue weighted by Gasteiger charge is -2.16. The Balaban J connectivity index is 2.03. The van der Waals surface area contributed by atoms with Crippen LogP contribution < -0.4 is 10.1 Å². The first-order chi connectivity index (χ1) is 11.9. The Labute approximate surface area is 147 Å². The fourth-order valence-electron chi connectivity index (χ4n) is 2.26. The Kier molecular flexibility index (Phi) is 6.55. The number of ether oxygens (including phenoxy) is 1. The van der Waals surface area contributed by atoms with E-state index in [2.05, 4.69) is 5.32 Å². The molecule has 0 aromatic heterocycles. The summed E-state index contributed by atoms with van der Waals surface area (Å²) in [7, 11) is -2.18. The van der Waals surface area contributed by atoms with Crippen LogP contribution in [0.4, 0.5) is 0 Å². The smallest absolute Gasteiger partial charge is 0.265 e. The number of hydrogen-bond acceptors (Lipinski definition) is 5. The zero-order valence-corrected chi connectivity index (χ0v) is 15.0. The Morgan fingerprint density at radius 1 is 1.04 bits per heavy atom. The van der Waals surface area contributed by atoms with Crippen molar-refractivity contribution < 1.29 is 22.1 Å². The monoisotopic (exact) mass is 363 g/mol. The normalized spacial score (nSPS) is 12.4. The third kappa shape index (κ3) is 6.56. The van der Waals surface area contributed by atoms with Crippen LogP contribution in [-0.4, -0.2) is 33.8 Å². The van der Waals surface area contributed by atoms with Gasteiger partial charge in [0, 0.05) is 13.0 Å². The molecule has 2 rings (SSSR count). The molecule has 25 heavy (non-hydrogen) atoms. The van der Waals surface area contributed by atoms with Gasteiger partial charge in [-0.15, -0.1) is 0 Å². The molecule has 0 aliphatic carbocycles. The molecule has 1 atom stereocenters. The summed E-state index contributed by atoms with van der Waals surface area (Å²) in [6.07, 6.45) is -0.0138. The Morgan fingerprint density at radius 2 is 1.68 bits per heavy atom. The van der Waals surface area contributed by atoms with Crippen LogP contribution in [0.25, 0.3) is 0 Å². The largest absolute Gasteiger partial charge is 0.497 e. The minimum atomic E-state index is -3.76. The van der Waals surface area contributed by atoms with E-state index in [1.807, 2.05) is 42.5 Å².